The second-order valence-corrected chi connectivity index (χ2v) is 6.63. The smallest absolute Gasteiger partial charge is 0.232 e. The van der Waals surface area contributed by atoms with E-state index in [1.165, 1.54) is 5.69 Å². The summed E-state index contributed by atoms with van der Waals surface area (Å²) in [5.41, 5.74) is 4.35. The Balaban J connectivity index is 1.45. The highest BCUT2D eigenvalue weighted by molar-refractivity contribution is 6.03. The van der Waals surface area contributed by atoms with Crippen molar-refractivity contribution in [3.8, 4) is 0 Å². The highest BCUT2D eigenvalue weighted by atomic mass is 16.2. The summed E-state index contributed by atoms with van der Waals surface area (Å²) in [5, 5.41) is 2.96. The summed E-state index contributed by atoms with van der Waals surface area (Å²) in [7, 11) is 0. The van der Waals surface area contributed by atoms with Crippen LogP contribution in [0.25, 0.3) is 0 Å². The van der Waals surface area contributed by atoms with E-state index in [4.69, 9.17) is 0 Å². The van der Waals surface area contributed by atoms with Gasteiger partial charge in [-0.3, -0.25) is 9.59 Å². The first kappa shape index (κ1) is 15.7. The first-order valence-corrected chi connectivity index (χ1v) is 8.67. The van der Waals surface area contributed by atoms with Crippen LogP contribution in [0, 0.1) is 0 Å². The van der Waals surface area contributed by atoms with Crippen molar-refractivity contribution in [2.45, 2.75) is 12.3 Å². The van der Waals surface area contributed by atoms with E-state index in [1.807, 2.05) is 24.3 Å². The molecule has 2 amide bonds. The molecule has 1 N–H and O–H groups in total. The van der Waals surface area contributed by atoms with Gasteiger partial charge in [0.2, 0.25) is 12.3 Å². The molecule has 1 saturated heterocycles. The summed E-state index contributed by atoms with van der Waals surface area (Å²) in [5.74, 6) is -0.0338. The number of para-hydroxylation sites is 1. The highest BCUT2D eigenvalue weighted by Crippen LogP contribution is 2.34. The van der Waals surface area contributed by atoms with Crippen molar-refractivity contribution >= 4 is 23.7 Å². The predicted molar refractivity (Wildman–Crippen MR) is 97.8 cm³/mol. The molecule has 2 aromatic rings. The van der Waals surface area contributed by atoms with Gasteiger partial charge in [-0.05, 0) is 35.7 Å². The van der Waals surface area contributed by atoms with Gasteiger partial charge in [-0.25, -0.2) is 0 Å². The molecule has 1 atom stereocenters. The van der Waals surface area contributed by atoms with E-state index < -0.39 is 0 Å². The first-order chi connectivity index (χ1) is 12.2. The van der Waals surface area contributed by atoms with Gasteiger partial charge in [0.1, 0.15) is 0 Å². The molecule has 2 aromatic carbocycles. The lowest BCUT2D eigenvalue weighted by Crippen LogP contribution is -2.45. The molecule has 0 aromatic heterocycles. The van der Waals surface area contributed by atoms with E-state index in [9.17, 15) is 9.59 Å². The number of nitrogens with zero attached hydrogens (tertiary/aromatic N) is 2. The van der Waals surface area contributed by atoms with E-state index in [0.717, 1.165) is 49.4 Å². The van der Waals surface area contributed by atoms with Gasteiger partial charge in [-0.1, -0.05) is 30.3 Å². The van der Waals surface area contributed by atoms with Crippen LogP contribution < -0.4 is 10.2 Å². The molecule has 0 saturated carbocycles. The first-order valence-electron chi connectivity index (χ1n) is 8.67. The maximum absolute atomic E-state index is 12.3. The van der Waals surface area contributed by atoms with Crippen molar-refractivity contribution in [3.05, 3.63) is 59.7 Å². The fourth-order valence-electron chi connectivity index (χ4n) is 3.64. The lowest BCUT2D eigenvalue weighted by molar-refractivity contribution is -0.118. The van der Waals surface area contributed by atoms with Gasteiger partial charge in [0.25, 0.3) is 0 Å². The lowest BCUT2D eigenvalue weighted by Gasteiger charge is -2.34. The Bertz CT molecular complexity index is 780. The molecule has 5 heteroatoms. The Kier molecular flexibility index (Phi) is 4.14. The van der Waals surface area contributed by atoms with Gasteiger partial charge < -0.3 is 15.1 Å². The van der Waals surface area contributed by atoms with Gasteiger partial charge >= 0.3 is 0 Å². The van der Waals surface area contributed by atoms with Crippen LogP contribution in [-0.2, 0) is 16.0 Å². The summed E-state index contributed by atoms with van der Waals surface area (Å²) in [6.07, 6.45) is 1.63. The van der Waals surface area contributed by atoms with Gasteiger partial charge in [0.05, 0.1) is 5.92 Å². The third-order valence-electron chi connectivity index (χ3n) is 5.12. The van der Waals surface area contributed by atoms with Crippen LogP contribution >= 0.6 is 0 Å². The van der Waals surface area contributed by atoms with E-state index in [0.29, 0.717) is 6.42 Å². The van der Waals surface area contributed by atoms with E-state index in [1.54, 1.807) is 4.90 Å². The molecule has 128 valence electrons. The van der Waals surface area contributed by atoms with Gasteiger partial charge in [0.15, 0.2) is 0 Å². The molecule has 1 fully saturated rings. The van der Waals surface area contributed by atoms with Crippen LogP contribution in [0.3, 0.4) is 0 Å². The third kappa shape index (κ3) is 3.09. The lowest BCUT2D eigenvalue weighted by atomic mass is 9.93. The van der Waals surface area contributed by atoms with Crippen LogP contribution in [0.5, 0.6) is 0 Å². The molecule has 0 bridgehead atoms. The van der Waals surface area contributed by atoms with Crippen molar-refractivity contribution in [1.82, 2.24) is 4.90 Å². The number of hydrogen-bond donors (Lipinski definition) is 1. The molecule has 0 aliphatic carbocycles. The standard InChI is InChI=1S/C20H21N3O2/c24-14-22-9-11-23(12-10-22)16-7-5-15(6-8-16)13-18-17-3-1-2-4-19(17)21-20(18)25/h1-8,14,18H,9-13H2,(H,21,25)/t18-/m1/s1. The van der Waals surface area contributed by atoms with Gasteiger partial charge in [-0.2, -0.15) is 0 Å². The minimum atomic E-state index is -0.113. The Hall–Kier alpha value is -2.82. The summed E-state index contributed by atoms with van der Waals surface area (Å²) >= 11 is 0. The molecule has 2 heterocycles. The quantitative estimate of drug-likeness (QED) is 0.872. The van der Waals surface area contributed by atoms with E-state index >= 15 is 0 Å². The van der Waals surface area contributed by atoms with Crippen molar-refractivity contribution < 1.29 is 9.59 Å². The normalized spacial score (nSPS) is 19.5. The highest BCUT2D eigenvalue weighted by Gasteiger charge is 2.30. The molecular formula is C20H21N3O2. The minimum absolute atomic E-state index is 0.0789. The molecule has 2 aliphatic heterocycles. The number of piperazine rings is 1. The number of anilines is 2. The second kappa shape index (κ2) is 6.59. The maximum atomic E-state index is 12.3. The topological polar surface area (TPSA) is 52.7 Å². The molecule has 0 spiro atoms. The maximum Gasteiger partial charge on any atom is 0.232 e. The number of carbonyl (C=O) groups is 2. The SMILES string of the molecule is O=CN1CCN(c2ccc(C[C@H]3C(=O)Nc4ccccc43)cc2)CC1. The number of carbonyl (C=O) groups excluding carboxylic acids is 2. The second-order valence-electron chi connectivity index (χ2n) is 6.63. The van der Waals surface area contributed by atoms with Crippen molar-refractivity contribution in [1.29, 1.82) is 0 Å². The molecule has 5 nitrogen and oxygen atoms in total. The summed E-state index contributed by atoms with van der Waals surface area (Å²) in [6.45, 7) is 3.25. The van der Waals surface area contributed by atoms with E-state index in [2.05, 4.69) is 34.5 Å². The van der Waals surface area contributed by atoms with Gasteiger partial charge in [-0.15, -0.1) is 0 Å². The molecule has 0 radical (unpaired) electrons. The predicted octanol–water partition coefficient (Wildman–Crippen LogP) is 2.24. The summed E-state index contributed by atoms with van der Waals surface area (Å²) in [4.78, 5) is 27.2. The van der Waals surface area contributed by atoms with Crippen LogP contribution in [0.2, 0.25) is 0 Å². The Morgan fingerprint density at radius 1 is 1.00 bits per heavy atom. The zero-order valence-electron chi connectivity index (χ0n) is 14.0. The monoisotopic (exact) mass is 335 g/mol. The zero-order valence-corrected chi connectivity index (χ0v) is 14.0. The van der Waals surface area contributed by atoms with E-state index in [-0.39, 0.29) is 11.8 Å². The van der Waals surface area contributed by atoms with Crippen LogP contribution in [0.15, 0.2) is 48.5 Å². The van der Waals surface area contributed by atoms with Crippen molar-refractivity contribution in [2.24, 2.45) is 0 Å². The number of hydrogen-bond acceptors (Lipinski definition) is 3. The fourth-order valence-corrected chi connectivity index (χ4v) is 3.64. The molecule has 25 heavy (non-hydrogen) atoms. The molecular weight excluding hydrogens is 314 g/mol. The number of rotatable bonds is 4. The largest absolute Gasteiger partial charge is 0.368 e. The average molecular weight is 335 g/mol. The average Bonchev–Trinajstić information content (AvgIpc) is 2.98. The number of nitrogens with one attached hydrogen (secondary N) is 1. The summed E-state index contributed by atoms with van der Waals surface area (Å²) < 4.78 is 0. The fraction of sp³-hybridized carbons (Fsp3) is 0.300. The van der Waals surface area contributed by atoms with Crippen LogP contribution in [0.1, 0.15) is 17.0 Å². The molecule has 4 rings (SSSR count). The Morgan fingerprint density at radius 3 is 2.44 bits per heavy atom. The van der Waals surface area contributed by atoms with Crippen molar-refractivity contribution in [3.63, 3.8) is 0 Å². The Morgan fingerprint density at radius 2 is 1.72 bits per heavy atom. The number of benzene rings is 2. The molecule has 0 unspecified atom stereocenters. The molecule has 2 aliphatic rings. The number of fused-ring (bicyclic) bond motifs is 1. The Labute approximate surface area is 147 Å². The van der Waals surface area contributed by atoms with Crippen LogP contribution in [0.4, 0.5) is 11.4 Å². The summed E-state index contributed by atoms with van der Waals surface area (Å²) in [6, 6.07) is 16.4. The van der Waals surface area contributed by atoms with Crippen LogP contribution in [-0.4, -0.2) is 43.4 Å². The third-order valence-corrected chi connectivity index (χ3v) is 5.12. The van der Waals surface area contributed by atoms with Gasteiger partial charge in [0, 0.05) is 37.6 Å². The number of amides is 2. The zero-order chi connectivity index (χ0) is 17.2. The minimum Gasteiger partial charge on any atom is -0.368 e. The van der Waals surface area contributed by atoms with Crippen molar-refractivity contribution in [2.75, 3.05) is 36.4 Å².